The fourth-order valence-corrected chi connectivity index (χ4v) is 2.85. The normalized spacial score (nSPS) is 10.9. The van der Waals surface area contributed by atoms with Gasteiger partial charge < -0.3 is 9.64 Å². The van der Waals surface area contributed by atoms with Gasteiger partial charge in [-0.1, -0.05) is 12.1 Å². The highest BCUT2D eigenvalue weighted by molar-refractivity contribution is 7.15. The first-order valence-corrected chi connectivity index (χ1v) is 8.04. The molecule has 0 bridgehead atoms. The highest BCUT2D eigenvalue weighted by Crippen LogP contribution is 2.15. The van der Waals surface area contributed by atoms with Crippen LogP contribution < -0.4 is 4.74 Å². The molecule has 1 amide bonds. The first kappa shape index (κ1) is 15.5. The van der Waals surface area contributed by atoms with Crippen LogP contribution in [0.3, 0.4) is 0 Å². The standard InChI is InChI=1S/C16H16FN3O2S/c1-19(6-8-22-14-5-3-2-4-13(14)17)15(21)10-12-11-20-7-9-23-16(20)18-12/h2-5,7,9,11H,6,8,10H2,1H3. The van der Waals surface area contributed by atoms with Gasteiger partial charge in [-0.3, -0.25) is 9.20 Å². The molecule has 0 aliphatic heterocycles. The quantitative estimate of drug-likeness (QED) is 0.697. The van der Waals surface area contributed by atoms with E-state index in [2.05, 4.69) is 4.98 Å². The van der Waals surface area contributed by atoms with Crippen LogP contribution in [0.25, 0.3) is 4.96 Å². The van der Waals surface area contributed by atoms with E-state index >= 15 is 0 Å². The molecule has 0 fully saturated rings. The summed E-state index contributed by atoms with van der Waals surface area (Å²) in [6, 6.07) is 6.22. The van der Waals surface area contributed by atoms with E-state index in [-0.39, 0.29) is 24.7 Å². The Kier molecular flexibility index (Phi) is 4.57. The summed E-state index contributed by atoms with van der Waals surface area (Å²) < 4.78 is 20.7. The van der Waals surface area contributed by atoms with E-state index in [0.717, 1.165) is 10.7 Å². The second-order valence-electron chi connectivity index (χ2n) is 5.10. The topological polar surface area (TPSA) is 46.8 Å². The first-order chi connectivity index (χ1) is 11.1. The van der Waals surface area contributed by atoms with Crippen LogP contribution in [0.5, 0.6) is 5.75 Å². The van der Waals surface area contributed by atoms with E-state index in [0.29, 0.717) is 6.54 Å². The molecule has 0 unspecified atom stereocenters. The number of imidazole rings is 1. The molecule has 5 nitrogen and oxygen atoms in total. The van der Waals surface area contributed by atoms with Crippen molar-refractivity contribution in [1.82, 2.24) is 14.3 Å². The number of halogens is 1. The van der Waals surface area contributed by atoms with Crippen molar-refractivity contribution >= 4 is 22.2 Å². The Morgan fingerprint density at radius 2 is 2.26 bits per heavy atom. The number of benzene rings is 1. The predicted molar refractivity (Wildman–Crippen MR) is 86.3 cm³/mol. The molecule has 0 aliphatic rings. The summed E-state index contributed by atoms with van der Waals surface area (Å²) in [5.74, 6) is -0.255. The third-order valence-electron chi connectivity index (χ3n) is 3.42. The fourth-order valence-electron chi connectivity index (χ4n) is 2.13. The summed E-state index contributed by atoms with van der Waals surface area (Å²) in [6.45, 7) is 0.622. The minimum Gasteiger partial charge on any atom is -0.489 e. The van der Waals surface area contributed by atoms with E-state index < -0.39 is 5.82 Å². The molecule has 3 aromatic rings. The molecule has 3 rings (SSSR count). The molecule has 2 heterocycles. The van der Waals surface area contributed by atoms with Crippen molar-refractivity contribution in [3.8, 4) is 5.75 Å². The van der Waals surface area contributed by atoms with Gasteiger partial charge in [0.25, 0.3) is 0 Å². The number of carbonyl (C=O) groups is 1. The number of amides is 1. The largest absolute Gasteiger partial charge is 0.489 e. The van der Waals surface area contributed by atoms with E-state index in [4.69, 9.17) is 4.74 Å². The van der Waals surface area contributed by atoms with Crippen LogP contribution >= 0.6 is 11.3 Å². The van der Waals surface area contributed by atoms with Crippen LogP contribution in [0.15, 0.2) is 42.0 Å². The number of para-hydroxylation sites is 1. The van der Waals surface area contributed by atoms with E-state index in [1.54, 1.807) is 30.1 Å². The van der Waals surface area contributed by atoms with Gasteiger partial charge in [0.1, 0.15) is 6.61 Å². The van der Waals surface area contributed by atoms with Crippen LogP contribution in [0.1, 0.15) is 5.69 Å². The summed E-state index contributed by atoms with van der Waals surface area (Å²) in [5, 5.41) is 1.94. The van der Waals surface area contributed by atoms with Crippen LogP contribution in [-0.4, -0.2) is 40.4 Å². The molecule has 2 aromatic heterocycles. The number of hydrogen-bond acceptors (Lipinski definition) is 4. The lowest BCUT2D eigenvalue weighted by Crippen LogP contribution is -2.32. The fraction of sp³-hybridized carbons (Fsp3) is 0.250. The molecule has 0 radical (unpaired) electrons. The lowest BCUT2D eigenvalue weighted by atomic mass is 10.3. The predicted octanol–water partition coefficient (Wildman–Crippen LogP) is 2.61. The Hall–Kier alpha value is -2.41. The number of likely N-dealkylation sites (N-methyl/N-ethyl adjacent to an activating group) is 1. The zero-order valence-corrected chi connectivity index (χ0v) is 13.4. The molecule has 7 heteroatoms. The maximum absolute atomic E-state index is 13.4. The molecule has 120 valence electrons. The lowest BCUT2D eigenvalue weighted by molar-refractivity contribution is -0.129. The number of aromatic nitrogens is 2. The van der Waals surface area contributed by atoms with Crippen molar-refractivity contribution in [1.29, 1.82) is 0 Å². The number of ether oxygens (including phenoxy) is 1. The molecule has 23 heavy (non-hydrogen) atoms. The van der Waals surface area contributed by atoms with Gasteiger partial charge in [0, 0.05) is 24.8 Å². The molecule has 0 saturated heterocycles. The van der Waals surface area contributed by atoms with Crippen molar-refractivity contribution in [2.45, 2.75) is 6.42 Å². The molecule has 0 aliphatic carbocycles. The van der Waals surface area contributed by atoms with Crippen molar-refractivity contribution < 1.29 is 13.9 Å². The van der Waals surface area contributed by atoms with Gasteiger partial charge >= 0.3 is 0 Å². The molecular weight excluding hydrogens is 317 g/mol. The Morgan fingerprint density at radius 1 is 1.43 bits per heavy atom. The minimum atomic E-state index is -0.403. The molecule has 1 aromatic carbocycles. The summed E-state index contributed by atoms with van der Waals surface area (Å²) in [6.07, 6.45) is 4.00. The highest BCUT2D eigenvalue weighted by Gasteiger charge is 2.13. The zero-order chi connectivity index (χ0) is 16.2. The van der Waals surface area contributed by atoms with E-state index in [1.165, 1.54) is 17.4 Å². The van der Waals surface area contributed by atoms with Crippen LogP contribution in [0.2, 0.25) is 0 Å². The number of hydrogen-bond donors (Lipinski definition) is 0. The van der Waals surface area contributed by atoms with Crippen LogP contribution in [-0.2, 0) is 11.2 Å². The maximum Gasteiger partial charge on any atom is 0.228 e. The summed E-state index contributed by atoms with van der Waals surface area (Å²) in [7, 11) is 1.70. The second kappa shape index (κ2) is 6.78. The van der Waals surface area contributed by atoms with Crippen LogP contribution in [0, 0.1) is 5.82 Å². The van der Waals surface area contributed by atoms with Crippen molar-refractivity contribution in [3.63, 3.8) is 0 Å². The van der Waals surface area contributed by atoms with Crippen LogP contribution in [0.4, 0.5) is 4.39 Å². The van der Waals surface area contributed by atoms with Gasteiger partial charge in [-0.2, -0.15) is 0 Å². The number of fused-ring (bicyclic) bond motifs is 1. The van der Waals surface area contributed by atoms with Gasteiger partial charge in [-0.05, 0) is 12.1 Å². The van der Waals surface area contributed by atoms with Crippen molar-refractivity contribution in [2.24, 2.45) is 0 Å². The number of carbonyl (C=O) groups excluding carboxylic acids is 1. The summed E-state index contributed by atoms with van der Waals surface area (Å²) in [4.78, 5) is 19.0. The third-order valence-corrected chi connectivity index (χ3v) is 4.19. The number of thiazole rings is 1. The third kappa shape index (κ3) is 3.68. The number of rotatable bonds is 6. The van der Waals surface area contributed by atoms with Crippen molar-refractivity contribution in [3.05, 3.63) is 53.6 Å². The van der Waals surface area contributed by atoms with E-state index in [1.807, 2.05) is 22.2 Å². The molecule has 0 saturated carbocycles. The van der Waals surface area contributed by atoms with Gasteiger partial charge in [-0.25, -0.2) is 9.37 Å². The minimum absolute atomic E-state index is 0.0483. The monoisotopic (exact) mass is 333 g/mol. The SMILES string of the molecule is CN(CCOc1ccccc1F)C(=O)Cc1cn2ccsc2n1. The van der Waals surface area contributed by atoms with Gasteiger partial charge in [-0.15, -0.1) is 11.3 Å². The first-order valence-electron chi connectivity index (χ1n) is 7.16. The molecule has 0 N–H and O–H groups in total. The molecule has 0 atom stereocenters. The van der Waals surface area contributed by atoms with Gasteiger partial charge in [0.2, 0.25) is 5.91 Å². The Balaban J connectivity index is 1.49. The number of nitrogens with zero attached hydrogens (tertiary/aromatic N) is 3. The lowest BCUT2D eigenvalue weighted by Gasteiger charge is -2.17. The second-order valence-corrected chi connectivity index (χ2v) is 5.97. The van der Waals surface area contributed by atoms with Gasteiger partial charge in [0.05, 0.1) is 18.7 Å². The van der Waals surface area contributed by atoms with Gasteiger partial charge in [0.15, 0.2) is 16.5 Å². The molecular formula is C16H16FN3O2S. The Labute approximate surface area is 136 Å². The zero-order valence-electron chi connectivity index (χ0n) is 12.6. The molecule has 0 spiro atoms. The average molecular weight is 333 g/mol. The van der Waals surface area contributed by atoms with E-state index in [9.17, 15) is 9.18 Å². The average Bonchev–Trinajstić information content (AvgIpc) is 3.10. The smallest absolute Gasteiger partial charge is 0.228 e. The summed E-state index contributed by atoms with van der Waals surface area (Å²) in [5.41, 5.74) is 0.740. The Bertz CT molecular complexity index is 786. The Morgan fingerprint density at radius 3 is 3.04 bits per heavy atom. The van der Waals surface area contributed by atoms with Crippen molar-refractivity contribution in [2.75, 3.05) is 20.2 Å². The highest BCUT2D eigenvalue weighted by atomic mass is 32.1. The maximum atomic E-state index is 13.4. The summed E-state index contributed by atoms with van der Waals surface area (Å²) >= 11 is 1.53.